The van der Waals surface area contributed by atoms with Crippen LogP contribution in [0.3, 0.4) is 0 Å². The molecule has 0 spiro atoms. The fraction of sp³-hybridized carbons (Fsp3) is 0.0667. The van der Waals surface area contributed by atoms with Gasteiger partial charge in [-0.25, -0.2) is 14.2 Å². The van der Waals surface area contributed by atoms with Crippen LogP contribution in [-0.2, 0) is 4.79 Å². The van der Waals surface area contributed by atoms with Crippen LogP contribution in [0, 0.1) is 5.82 Å². The minimum Gasteiger partial charge on any atom is -0.308 e. The summed E-state index contributed by atoms with van der Waals surface area (Å²) < 4.78 is 14.4. The molecule has 0 unspecified atom stereocenters. The van der Waals surface area contributed by atoms with Gasteiger partial charge in [-0.15, -0.1) is 0 Å². The number of benzene rings is 4. The molecule has 0 saturated heterocycles. The molecule has 4 aromatic carbocycles. The molecule has 9 heteroatoms. The number of halogens is 2. The van der Waals surface area contributed by atoms with Crippen molar-refractivity contribution in [2.45, 2.75) is 6.17 Å². The van der Waals surface area contributed by atoms with Crippen LogP contribution in [0.25, 0.3) is 0 Å². The summed E-state index contributed by atoms with van der Waals surface area (Å²) >= 11 is 6.02. The number of nitrogens with zero attached hydrogens (tertiary/aromatic N) is 2. The van der Waals surface area contributed by atoms with Crippen molar-refractivity contribution in [1.29, 1.82) is 0 Å². The molecular formula is C30H22ClFN4O3. The SMILES string of the molecule is O=C(Nc1cccc(Cl)c1)N[C@H]1N=C(c2ccccc2)c2ccccc2N(CC(=O)c2ccccc2F)C1=O. The smallest absolute Gasteiger partial charge is 0.308 e. The predicted octanol–water partition coefficient (Wildman–Crippen LogP) is 5.69. The molecular weight excluding hydrogens is 519 g/mol. The summed E-state index contributed by atoms with van der Waals surface area (Å²) in [6, 6.07) is 27.6. The van der Waals surface area contributed by atoms with Crippen LogP contribution in [0.1, 0.15) is 21.5 Å². The summed E-state index contributed by atoms with van der Waals surface area (Å²) in [7, 11) is 0. The zero-order chi connectivity index (χ0) is 27.4. The molecule has 1 aliphatic heterocycles. The Labute approximate surface area is 228 Å². The van der Waals surface area contributed by atoms with Crippen LogP contribution in [-0.4, -0.2) is 36.1 Å². The van der Waals surface area contributed by atoms with E-state index in [1.165, 1.54) is 23.1 Å². The standard InChI is InChI=1S/C30H22ClFN4O3/c31-20-11-8-12-21(17-20)33-30(39)35-28-29(38)36(18-26(37)22-13-4-6-15-24(22)32)25-16-7-5-14-23(25)27(34-28)19-9-2-1-3-10-19/h1-17,28H,18H2,(H2,33,35,39)/t28-/m1/s1. The van der Waals surface area contributed by atoms with E-state index in [4.69, 9.17) is 11.6 Å². The zero-order valence-corrected chi connectivity index (χ0v) is 21.2. The number of carbonyl (C=O) groups is 3. The molecule has 2 N–H and O–H groups in total. The lowest BCUT2D eigenvalue weighted by molar-refractivity contribution is -0.120. The Bertz CT molecular complexity index is 1590. The number of Topliss-reactive ketones (excluding diaryl/α,β-unsaturated/α-hetero) is 1. The van der Waals surface area contributed by atoms with Gasteiger partial charge in [-0.05, 0) is 36.4 Å². The van der Waals surface area contributed by atoms with E-state index in [2.05, 4.69) is 15.6 Å². The topological polar surface area (TPSA) is 90.9 Å². The van der Waals surface area contributed by atoms with E-state index in [0.29, 0.717) is 33.2 Å². The van der Waals surface area contributed by atoms with E-state index in [9.17, 15) is 18.8 Å². The minimum absolute atomic E-state index is 0.139. The first-order valence-corrected chi connectivity index (χ1v) is 12.4. The molecule has 0 fully saturated rings. The number of aliphatic imine (C=N–C) groups is 1. The maximum absolute atomic E-state index is 14.4. The van der Waals surface area contributed by atoms with Gasteiger partial charge in [0.1, 0.15) is 5.82 Å². The van der Waals surface area contributed by atoms with Gasteiger partial charge in [0.05, 0.1) is 23.5 Å². The third-order valence-corrected chi connectivity index (χ3v) is 6.32. The lowest BCUT2D eigenvalue weighted by Gasteiger charge is -2.25. The highest BCUT2D eigenvalue weighted by Gasteiger charge is 2.34. The number of fused-ring (bicyclic) bond motifs is 1. The second-order valence-corrected chi connectivity index (χ2v) is 9.14. The first-order chi connectivity index (χ1) is 18.9. The molecule has 0 saturated carbocycles. The lowest BCUT2D eigenvalue weighted by Crippen LogP contribution is -2.50. The van der Waals surface area contributed by atoms with Crippen molar-refractivity contribution in [3.63, 3.8) is 0 Å². The van der Waals surface area contributed by atoms with Crippen LogP contribution in [0.2, 0.25) is 5.02 Å². The number of benzodiazepines with no additional fused rings is 1. The third-order valence-electron chi connectivity index (χ3n) is 6.08. The van der Waals surface area contributed by atoms with Crippen molar-refractivity contribution in [2.75, 3.05) is 16.8 Å². The number of hydrogen-bond donors (Lipinski definition) is 2. The van der Waals surface area contributed by atoms with E-state index in [1.54, 1.807) is 54.6 Å². The fourth-order valence-electron chi connectivity index (χ4n) is 4.29. The number of hydrogen-bond acceptors (Lipinski definition) is 4. The van der Waals surface area contributed by atoms with Crippen molar-refractivity contribution >= 4 is 46.4 Å². The van der Waals surface area contributed by atoms with Crippen molar-refractivity contribution in [1.82, 2.24) is 5.32 Å². The Morgan fingerprint density at radius 3 is 2.38 bits per heavy atom. The molecule has 5 rings (SSSR count). The molecule has 0 bridgehead atoms. The second kappa shape index (κ2) is 11.3. The van der Waals surface area contributed by atoms with Gasteiger partial charge in [0.15, 0.2) is 5.78 Å². The average Bonchev–Trinajstić information content (AvgIpc) is 3.04. The quantitative estimate of drug-likeness (QED) is 0.308. The second-order valence-electron chi connectivity index (χ2n) is 8.70. The van der Waals surface area contributed by atoms with Crippen LogP contribution >= 0.6 is 11.6 Å². The Morgan fingerprint density at radius 1 is 0.897 bits per heavy atom. The molecule has 3 amide bonds. The summed E-state index contributed by atoms with van der Waals surface area (Å²) in [5.41, 5.74) is 2.44. The summed E-state index contributed by atoms with van der Waals surface area (Å²) in [4.78, 5) is 45.9. The third kappa shape index (κ3) is 5.71. The van der Waals surface area contributed by atoms with Crippen molar-refractivity contribution in [2.24, 2.45) is 4.99 Å². The molecule has 0 aliphatic carbocycles. The predicted molar refractivity (Wildman–Crippen MR) is 149 cm³/mol. The van der Waals surface area contributed by atoms with E-state index in [-0.39, 0.29) is 5.56 Å². The van der Waals surface area contributed by atoms with Gasteiger partial charge in [-0.3, -0.25) is 9.59 Å². The molecule has 0 aromatic heterocycles. The summed E-state index contributed by atoms with van der Waals surface area (Å²) in [5.74, 6) is -1.93. The summed E-state index contributed by atoms with van der Waals surface area (Å²) in [6.07, 6.45) is -1.39. The van der Waals surface area contributed by atoms with E-state index < -0.39 is 36.2 Å². The largest absolute Gasteiger partial charge is 0.321 e. The Morgan fingerprint density at radius 2 is 1.62 bits per heavy atom. The van der Waals surface area contributed by atoms with Crippen molar-refractivity contribution in [3.05, 3.63) is 131 Å². The number of rotatable bonds is 6. The lowest BCUT2D eigenvalue weighted by atomic mass is 10.00. The van der Waals surface area contributed by atoms with Crippen molar-refractivity contribution < 1.29 is 18.8 Å². The van der Waals surface area contributed by atoms with Gasteiger partial charge in [0, 0.05) is 21.8 Å². The number of nitrogens with one attached hydrogen (secondary N) is 2. The number of amides is 3. The molecule has 194 valence electrons. The van der Waals surface area contributed by atoms with Gasteiger partial charge in [-0.2, -0.15) is 0 Å². The molecule has 7 nitrogen and oxygen atoms in total. The van der Waals surface area contributed by atoms with Gasteiger partial charge in [0.25, 0.3) is 5.91 Å². The maximum atomic E-state index is 14.4. The van der Waals surface area contributed by atoms with E-state index in [0.717, 1.165) is 0 Å². The molecule has 39 heavy (non-hydrogen) atoms. The molecule has 4 aromatic rings. The number of para-hydroxylation sites is 1. The van der Waals surface area contributed by atoms with Crippen LogP contribution in [0.5, 0.6) is 0 Å². The first-order valence-electron chi connectivity index (χ1n) is 12.1. The minimum atomic E-state index is -1.39. The molecule has 0 radical (unpaired) electrons. The fourth-order valence-corrected chi connectivity index (χ4v) is 4.48. The van der Waals surface area contributed by atoms with Crippen LogP contribution in [0.15, 0.2) is 108 Å². The first kappa shape index (κ1) is 25.8. The Kier molecular flexibility index (Phi) is 7.47. The monoisotopic (exact) mass is 540 g/mol. The van der Waals surface area contributed by atoms with Gasteiger partial charge in [-0.1, -0.05) is 78.3 Å². The maximum Gasteiger partial charge on any atom is 0.321 e. The number of anilines is 2. The Hall–Kier alpha value is -4.82. The molecule has 1 heterocycles. The Balaban J connectivity index is 1.54. The van der Waals surface area contributed by atoms with Gasteiger partial charge in [0.2, 0.25) is 6.17 Å². The number of carbonyl (C=O) groups excluding carboxylic acids is 3. The van der Waals surface area contributed by atoms with Crippen LogP contribution < -0.4 is 15.5 Å². The van der Waals surface area contributed by atoms with E-state index >= 15 is 0 Å². The average molecular weight is 541 g/mol. The van der Waals surface area contributed by atoms with Gasteiger partial charge < -0.3 is 15.5 Å². The van der Waals surface area contributed by atoms with E-state index in [1.807, 2.05) is 30.3 Å². The highest BCUT2D eigenvalue weighted by molar-refractivity contribution is 6.31. The number of ketones is 1. The summed E-state index contributed by atoms with van der Waals surface area (Å²) in [6.45, 7) is -0.456. The molecule has 1 atom stereocenters. The zero-order valence-electron chi connectivity index (χ0n) is 20.5. The highest BCUT2D eigenvalue weighted by atomic mass is 35.5. The highest BCUT2D eigenvalue weighted by Crippen LogP contribution is 2.29. The van der Waals surface area contributed by atoms with Crippen LogP contribution in [0.4, 0.5) is 20.6 Å². The normalized spacial score (nSPS) is 14.6. The van der Waals surface area contributed by atoms with Gasteiger partial charge >= 0.3 is 6.03 Å². The van der Waals surface area contributed by atoms with Crippen molar-refractivity contribution in [3.8, 4) is 0 Å². The molecule has 1 aliphatic rings. The summed E-state index contributed by atoms with van der Waals surface area (Å²) in [5, 5.41) is 5.68. The number of urea groups is 1.